The lowest BCUT2D eigenvalue weighted by molar-refractivity contribution is -0.386. The molecule has 0 aliphatic carbocycles. The van der Waals surface area contributed by atoms with E-state index in [1.54, 1.807) is 11.8 Å². The zero-order chi connectivity index (χ0) is 18.1. The van der Waals surface area contributed by atoms with Crippen LogP contribution in [0.3, 0.4) is 0 Å². The molecule has 8 nitrogen and oxygen atoms in total. The highest BCUT2D eigenvalue weighted by Crippen LogP contribution is 2.25. The number of carbonyl (C=O) groups excluding carboxylic acids is 1. The molecule has 1 amide bonds. The van der Waals surface area contributed by atoms with Gasteiger partial charge < -0.3 is 14.2 Å². The molecule has 1 aliphatic heterocycles. The largest absolute Gasteiger partial charge is 0.444 e. The fourth-order valence-electron chi connectivity index (χ4n) is 2.76. The zero-order valence-corrected chi connectivity index (χ0v) is 14.4. The van der Waals surface area contributed by atoms with Gasteiger partial charge in [0.15, 0.2) is 0 Å². The summed E-state index contributed by atoms with van der Waals surface area (Å²) in [7, 11) is 0. The third kappa shape index (κ3) is 4.12. The Morgan fingerprint density at radius 3 is 2.42 bits per heavy atom. The second kappa shape index (κ2) is 6.62. The molecule has 2 heterocycles. The highest BCUT2D eigenvalue weighted by atomic mass is 16.6. The fourth-order valence-corrected chi connectivity index (χ4v) is 2.76. The van der Waals surface area contributed by atoms with Crippen LogP contribution >= 0.6 is 0 Å². The third-order valence-electron chi connectivity index (χ3n) is 3.97. The molecule has 0 atom stereocenters. The number of hydrogen-bond donors (Lipinski definition) is 0. The second-order valence-electron chi connectivity index (χ2n) is 7.04. The summed E-state index contributed by atoms with van der Waals surface area (Å²) in [6, 6.07) is 1.13. The minimum Gasteiger partial charge on any atom is -0.444 e. The van der Waals surface area contributed by atoms with Crippen molar-refractivity contribution in [1.29, 1.82) is 0 Å². The molecule has 2 rings (SSSR count). The van der Waals surface area contributed by atoms with Crippen LogP contribution in [0.1, 0.15) is 45.2 Å². The highest BCUT2D eigenvalue weighted by Gasteiger charge is 2.28. The molecule has 1 saturated heterocycles. The number of pyridine rings is 1. The van der Waals surface area contributed by atoms with E-state index in [-0.39, 0.29) is 23.4 Å². The van der Waals surface area contributed by atoms with Crippen LogP contribution in [0.4, 0.5) is 10.5 Å². The molecule has 0 unspecified atom stereocenters. The van der Waals surface area contributed by atoms with Crippen LogP contribution in [-0.4, -0.2) is 39.2 Å². The Labute approximate surface area is 140 Å². The molecule has 0 N–H and O–H groups in total. The lowest BCUT2D eigenvalue weighted by Crippen LogP contribution is -2.43. The summed E-state index contributed by atoms with van der Waals surface area (Å²) in [5, 5.41) is 11.1. The maximum Gasteiger partial charge on any atom is 0.410 e. The van der Waals surface area contributed by atoms with Gasteiger partial charge in [-0.25, -0.2) is 4.79 Å². The average Bonchev–Trinajstić information content (AvgIpc) is 2.45. The van der Waals surface area contributed by atoms with Crippen LogP contribution in [0.15, 0.2) is 17.1 Å². The number of likely N-dealkylation sites (tertiary alicyclic amines) is 1. The number of aromatic nitrogens is 1. The van der Waals surface area contributed by atoms with E-state index in [0.717, 1.165) is 0 Å². The van der Waals surface area contributed by atoms with Crippen LogP contribution < -0.4 is 5.56 Å². The molecule has 1 aliphatic rings. The van der Waals surface area contributed by atoms with Gasteiger partial charge in [-0.15, -0.1) is 0 Å². The van der Waals surface area contributed by atoms with Gasteiger partial charge >= 0.3 is 6.09 Å². The predicted octanol–water partition coefficient (Wildman–Crippen LogP) is 2.64. The van der Waals surface area contributed by atoms with E-state index in [1.807, 2.05) is 20.8 Å². The molecule has 0 saturated carbocycles. The molecule has 1 aromatic rings. The van der Waals surface area contributed by atoms with E-state index < -0.39 is 10.5 Å². The maximum absolute atomic E-state index is 12.2. The number of amides is 1. The molecule has 0 spiro atoms. The third-order valence-corrected chi connectivity index (χ3v) is 3.97. The van der Waals surface area contributed by atoms with Crippen molar-refractivity contribution in [3.05, 3.63) is 38.3 Å². The van der Waals surface area contributed by atoms with E-state index in [9.17, 15) is 19.7 Å². The van der Waals surface area contributed by atoms with Gasteiger partial charge in [0, 0.05) is 30.8 Å². The number of nitrogens with zero attached hydrogens (tertiary/aromatic N) is 3. The van der Waals surface area contributed by atoms with E-state index >= 15 is 0 Å². The average molecular weight is 337 g/mol. The summed E-state index contributed by atoms with van der Waals surface area (Å²) >= 11 is 0. The molecule has 0 radical (unpaired) electrons. The van der Waals surface area contributed by atoms with E-state index in [0.29, 0.717) is 31.5 Å². The van der Waals surface area contributed by atoms with Crippen molar-refractivity contribution in [1.82, 2.24) is 9.47 Å². The summed E-state index contributed by atoms with van der Waals surface area (Å²) in [6.07, 6.45) is 2.05. The normalized spacial score (nSPS) is 16.1. The molecule has 24 heavy (non-hydrogen) atoms. The van der Waals surface area contributed by atoms with Gasteiger partial charge in [-0.2, -0.15) is 0 Å². The molecule has 8 heteroatoms. The van der Waals surface area contributed by atoms with Crippen molar-refractivity contribution < 1.29 is 14.5 Å². The standard InChI is InChI=1S/C16H23N3O5/c1-11-9-14(20)18(10-13(11)19(22)23)12-5-7-17(8-6-12)15(21)24-16(2,3)4/h9-10,12H,5-8H2,1-4H3. The number of carbonyl (C=O) groups is 1. The first-order valence-corrected chi connectivity index (χ1v) is 7.93. The van der Waals surface area contributed by atoms with Gasteiger partial charge in [-0.05, 0) is 40.5 Å². The predicted molar refractivity (Wildman–Crippen MR) is 88.2 cm³/mol. The van der Waals surface area contributed by atoms with Crippen LogP contribution in [0.2, 0.25) is 0 Å². The van der Waals surface area contributed by atoms with Gasteiger partial charge in [-0.1, -0.05) is 0 Å². The van der Waals surface area contributed by atoms with E-state index in [4.69, 9.17) is 4.74 Å². The first-order chi connectivity index (χ1) is 11.1. The molecular formula is C16H23N3O5. The number of nitro groups is 1. The van der Waals surface area contributed by atoms with Crippen LogP contribution in [-0.2, 0) is 4.74 Å². The van der Waals surface area contributed by atoms with Crippen molar-refractivity contribution >= 4 is 11.8 Å². The number of ether oxygens (including phenoxy) is 1. The lowest BCUT2D eigenvalue weighted by atomic mass is 10.0. The summed E-state index contributed by atoms with van der Waals surface area (Å²) in [6.45, 7) is 7.88. The van der Waals surface area contributed by atoms with Crippen molar-refractivity contribution in [2.75, 3.05) is 13.1 Å². The first kappa shape index (κ1) is 18.0. The maximum atomic E-state index is 12.2. The Kier molecular flexibility index (Phi) is 4.96. The summed E-state index contributed by atoms with van der Waals surface area (Å²) in [5.41, 5.74) is -0.520. The molecular weight excluding hydrogens is 314 g/mol. The molecule has 0 bridgehead atoms. The molecule has 1 aromatic heterocycles. The summed E-state index contributed by atoms with van der Waals surface area (Å²) in [4.78, 5) is 36.4. The van der Waals surface area contributed by atoms with E-state index in [2.05, 4.69) is 0 Å². The number of piperidine rings is 1. The van der Waals surface area contributed by atoms with Gasteiger partial charge in [0.05, 0.1) is 11.1 Å². The van der Waals surface area contributed by atoms with Gasteiger partial charge in [0.25, 0.3) is 11.2 Å². The summed E-state index contributed by atoms with van der Waals surface area (Å²) in [5.74, 6) is 0. The summed E-state index contributed by atoms with van der Waals surface area (Å²) < 4.78 is 6.75. The van der Waals surface area contributed by atoms with Crippen molar-refractivity contribution in [2.45, 2.75) is 52.2 Å². The van der Waals surface area contributed by atoms with Crippen LogP contribution in [0, 0.1) is 17.0 Å². The van der Waals surface area contributed by atoms with Crippen LogP contribution in [0.5, 0.6) is 0 Å². The Balaban J connectivity index is 2.10. The Morgan fingerprint density at radius 1 is 1.33 bits per heavy atom. The molecule has 0 aromatic carbocycles. The Bertz CT molecular complexity index is 697. The quantitative estimate of drug-likeness (QED) is 0.611. The van der Waals surface area contributed by atoms with Crippen molar-refractivity contribution in [3.8, 4) is 0 Å². The van der Waals surface area contributed by atoms with E-state index in [1.165, 1.54) is 16.8 Å². The SMILES string of the molecule is Cc1cc(=O)n(C2CCN(C(=O)OC(C)(C)C)CC2)cc1[N+](=O)[O-]. The monoisotopic (exact) mass is 337 g/mol. The Hall–Kier alpha value is -2.38. The first-order valence-electron chi connectivity index (χ1n) is 7.93. The van der Waals surface area contributed by atoms with Gasteiger partial charge in [0.2, 0.25) is 0 Å². The zero-order valence-electron chi connectivity index (χ0n) is 14.4. The van der Waals surface area contributed by atoms with Crippen molar-refractivity contribution in [3.63, 3.8) is 0 Å². The topological polar surface area (TPSA) is 94.7 Å². The van der Waals surface area contributed by atoms with Gasteiger partial charge in [-0.3, -0.25) is 14.9 Å². The minimum atomic E-state index is -0.553. The minimum absolute atomic E-state index is 0.0656. The van der Waals surface area contributed by atoms with Crippen LogP contribution in [0.25, 0.3) is 0 Å². The number of rotatable bonds is 2. The number of aryl methyl sites for hydroxylation is 1. The number of hydrogen-bond acceptors (Lipinski definition) is 5. The smallest absolute Gasteiger partial charge is 0.410 e. The fraction of sp³-hybridized carbons (Fsp3) is 0.625. The lowest BCUT2D eigenvalue weighted by Gasteiger charge is -2.34. The highest BCUT2D eigenvalue weighted by molar-refractivity contribution is 5.68. The molecule has 132 valence electrons. The Morgan fingerprint density at radius 2 is 1.92 bits per heavy atom. The van der Waals surface area contributed by atoms with Gasteiger partial charge in [0.1, 0.15) is 5.60 Å². The van der Waals surface area contributed by atoms with Crippen molar-refractivity contribution in [2.24, 2.45) is 0 Å². The second-order valence-corrected chi connectivity index (χ2v) is 7.04. The molecule has 1 fully saturated rings.